The molecule has 0 aromatic heterocycles. The molecular weight excluding hydrogens is 392 g/mol. The highest BCUT2D eigenvalue weighted by atomic mass is 16.3. The summed E-state index contributed by atoms with van der Waals surface area (Å²) >= 11 is 0. The summed E-state index contributed by atoms with van der Waals surface area (Å²) in [7, 11) is 0. The molecule has 0 saturated carbocycles. The summed E-state index contributed by atoms with van der Waals surface area (Å²) in [6.45, 7) is 6.70. The number of hydrogen-bond donors (Lipinski definition) is 1. The second kappa shape index (κ2) is 29.9. The maximum Gasteiger partial charge on any atom is 0.0670 e. The fourth-order valence-electron chi connectivity index (χ4n) is 3.96. The average molecular weight is 449 g/mol. The highest BCUT2D eigenvalue weighted by Gasteiger charge is 2.02. The standard InChI is InChI=1S/C15H29N.C14H27NO/c1-3-4-5-6-7-8-9-10-11-12-15(2)13-14-16;1-2-3-4-5-6-7-8-9-10-11-14(16)12-13-15/h15H,3-13H2,1-2H3;14,16H,2-12H2,1H3/t15-;14-/m11/s1. The Kier molecular flexibility index (Phi) is 31.0. The summed E-state index contributed by atoms with van der Waals surface area (Å²) < 4.78 is 0. The zero-order valence-electron chi connectivity index (χ0n) is 22.1. The molecule has 0 spiro atoms. The average Bonchev–Trinajstić information content (AvgIpc) is 2.78. The molecule has 32 heavy (non-hydrogen) atoms. The van der Waals surface area contributed by atoms with Crippen LogP contribution in [0.15, 0.2) is 0 Å². The number of rotatable bonds is 22. The molecule has 1 N–H and O–H groups in total. The largest absolute Gasteiger partial charge is 0.392 e. The lowest BCUT2D eigenvalue weighted by Gasteiger charge is -2.06. The lowest BCUT2D eigenvalue weighted by molar-refractivity contribution is 0.165. The highest BCUT2D eigenvalue weighted by molar-refractivity contribution is 4.74. The maximum absolute atomic E-state index is 9.33. The number of unbranched alkanes of at least 4 members (excludes halogenated alkanes) is 16. The molecule has 0 aromatic rings. The third-order valence-electron chi connectivity index (χ3n) is 6.21. The molecule has 0 aliphatic heterocycles. The normalized spacial score (nSPS) is 12.3. The molecule has 0 radical (unpaired) electrons. The first-order valence-electron chi connectivity index (χ1n) is 14.0. The Labute approximate surface area is 202 Å². The van der Waals surface area contributed by atoms with Crippen LogP contribution in [0.3, 0.4) is 0 Å². The van der Waals surface area contributed by atoms with Crippen molar-refractivity contribution in [2.24, 2.45) is 5.92 Å². The van der Waals surface area contributed by atoms with Crippen LogP contribution in [0, 0.1) is 28.6 Å². The van der Waals surface area contributed by atoms with Crippen molar-refractivity contribution in [3.8, 4) is 12.1 Å². The topological polar surface area (TPSA) is 67.8 Å². The Morgan fingerprint density at radius 1 is 0.531 bits per heavy atom. The number of aliphatic hydroxyl groups excluding tert-OH is 1. The molecule has 0 aliphatic carbocycles. The van der Waals surface area contributed by atoms with Gasteiger partial charge in [0, 0.05) is 6.42 Å². The molecule has 0 saturated heterocycles. The second-order valence-corrected chi connectivity index (χ2v) is 9.72. The number of aliphatic hydroxyl groups is 1. The van der Waals surface area contributed by atoms with Gasteiger partial charge in [-0.1, -0.05) is 136 Å². The van der Waals surface area contributed by atoms with Crippen molar-refractivity contribution in [2.45, 2.75) is 168 Å². The van der Waals surface area contributed by atoms with Crippen LogP contribution >= 0.6 is 0 Å². The van der Waals surface area contributed by atoms with E-state index >= 15 is 0 Å². The van der Waals surface area contributed by atoms with Crippen LogP contribution in [-0.4, -0.2) is 11.2 Å². The Morgan fingerprint density at radius 3 is 1.25 bits per heavy atom. The van der Waals surface area contributed by atoms with Crippen molar-refractivity contribution in [3.63, 3.8) is 0 Å². The quantitative estimate of drug-likeness (QED) is 0.168. The molecular formula is C29H56N2O. The van der Waals surface area contributed by atoms with E-state index in [2.05, 4.69) is 26.8 Å². The number of nitrogens with zero attached hydrogens (tertiary/aromatic N) is 2. The van der Waals surface area contributed by atoms with Crippen LogP contribution in [-0.2, 0) is 0 Å². The molecule has 3 nitrogen and oxygen atoms in total. The summed E-state index contributed by atoms with van der Waals surface area (Å²) in [5.74, 6) is 0.606. The van der Waals surface area contributed by atoms with Gasteiger partial charge < -0.3 is 5.11 Å². The van der Waals surface area contributed by atoms with Gasteiger partial charge in [-0.15, -0.1) is 0 Å². The molecule has 188 valence electrons. The van der Waals surface area contributed by atoms with Gasteiger partial charge in [0.2, 0.25) is 0 Å². The minimum atomic E-state index is -0.394. The van der Waals surface area contributed by atoms with E-state index in [1.165, 1.54) is 116 Å². The van der Waals surface area contributed by atoms with Gasteiger partial charge in [-0.25, -0.2) is 0 Å². The molecule has 0 rings (SSSR count). The molecule has 0 bridgehead atoms. The fourth-order valence-corrected chi connectivity index (χ4v) is 3.96. The van der Waals surface area contributed by atoms with Gasteiger partial charge in [-0.3, -0.25) is 0 Å². The number of nitriles is 2. The molecule has 0 unspecified atom stereocenters. The van der Waals surface area contributed by atoms with Crippen molar-refractivity contribution in [2.75, 3.05) is 0 Å². The van der Waals surface area contributed by atoms with Crippen molar-refractivity contribution >= 4 is 0 Å². The van der Waals surface area contributed by atoms with E-state index in [0.717, 1.165) is 19.3 Å². The first-order chi connectivity index (χ1) is 15.6. The summed E-state index contributed by atoms with van der Waals surface area (Å²) in [5.41, 5.74) is 0. The second-order valence-electron chi connectivity index (χ2n) is 9.72. The lowest BCUT2D eigenvalue weighted by Crippen LogP contribution is -2.04. The molecule has 3 heteroatoms. The molecule has 0 aliphatic rings. The molecule has 0 aromatic carbocycles. The Hall–Kier alpha value is -1.06. The van der Waals surface area contributed by atoms with Crippen LogP contribution in [0.2, 0.25) is 0 Å². The molecule has 0 heterocycles. The Balaban J connectivity index is 0. The predicted octanol–water partition coefficient (Wildman–Crippen LogP) is 9.64. The monoisotopic (exact) mass is 448 g/mol. The van der Waals surface area contributed by atoms with Crippen LogP contribution in [0.1, 0.15) is 162 Å². The van der Waals surface area contributed by atoms with Gasteiger partial charge in [-0.2, -0.15) is 10.5 Å². The molecule has 2 atom stereocenters. The minimum Gasteiger partial charge on any atom is -0.392 e. The van der Waals surface area contributed by atoms with Gasteiger partial charge in [0.1, 0.15) is 0 Å². The van der Waals surface area contributed by atoms with E-state index in [0.29, 0.717) is 5.92 Å². The summed E-state index contributed by atoms with van der Waals surface area (Å²) in [6.07, 6.45) is 26.9. The smallest absolute Gasteiger partial charge is 0.0670 e. The Morgan fingerprint density at radius 2 is 0.875 bits per heavy atom. The van der Waals surface area contributed by atoms with E-state index in [1.54, 1.807) is 0 Å². The Bertz CT molecular complexity index is 384. The predicted molar refractivity (Wildman–Crippen MR) is 139 cm³/mol. The number of hydrogen-bond acceptors (Lipinski definition) is 3. The van der Waals surface area contributed by atoms with Crippen molar-refractivity contribution in [1.29, 1.82) is 10.5 Å². The first-order valence-corrected chi connectivity index (χ1v) is 14.0. The van der Waals surface area contributed by atoms with Crippen molar-refractivity contribution < 1.29 is 5.11 Å². The van der Waals surface area contributed by atoms with Crippen LogP contribution in [0.5, 0.6) is 0 Å². The van der Waals surface area contributed by atoms with E-state index in [4.69, 9.17) is 10.5 Å². The third kappa shape index (κ3) is 31.1. The van der Waals surface area contributed by atoms with Crippen LogP contribution in [0.25, 0.3) is 0 Å². The van der Waals surface area contributed by atoms with Gasteiger partial charge in [0.05, 0.1) is 24.7 Å². The van der Waals surface area contributed by atoms with Crippen LogP contribution < -0.4 is 0 Å². The van der Waals surface area contributed by atoms with Crippen molar-refractivity contribution in [3.05, 3.63) is 0 Å². The zero-order chi connectivity index (χ0) is 24.1. The van der Waals surface area contributed by atoms with Gasteiger partial charge in [0.25, 0.3) is 0 Å². The van der Waals surface area contributed by atoms with E-state index < -0.39 is 6.10 Å². The van der Waals surface area contributed by atoms with Crippen LogP contribution in [0.4, 0.5) is 0 Å². The molecule has 0 amide bonds. The van der Waals surface area contributed by atoms with Crippen molar-refractivity contribution in [1.82, 2.24) is 0 Å². The highest BCUT2D eigenvalue weighted by Crippen LogP contribution is 2.15. The summed E-state index contributed by atoms with van der Waals surface area (Å²) in [5, 5.41) is 26.2. The van der Waals surface area contributed by atoms with E-state index in [9.17, 15) is 5.11 Å². The summed E-state index contributed by atoms with van der Waals surface area (Å²) in [4.78, 5) is 0. The lowest BCUT2D eigenvalue weighted by atomic mass is 9.99. The fraction of sp³-hybridized carbons (Fsp3) is 0.931. The summed E-state index contributed by atoms with van der Waals surface area (Å²) in [6, 6.07) is 4.25. The van der Waals surface area contributed by atoms with E-state index in [-0.39, 0.29) is 6.42 Å². The third-order valence-corrected chi connectivity index (χ3v) is 6.21. The maximum atomic E-state index is 9.33. The van der Waals surface area contributed by atoms with Gasteiger partial charge >= 0.3 is 0 Å². The molecule has 0 fully saturated rings. The van der Waals surface area contributed by atoms with Gasteiger partial charge in [0.15, 0.2) is 0 Å². The zero-order valence-corrected chi connectivity index (χ0v) is 22.1. The van der Waals surface area contributed by atoms with Gasteiger partial charge in [-0.05, 0) is 18.8 Å². The minimum absolute atomic E-state index is 0.289. The first kappa shape index (κ1) is 33.1. The SMILES string of the molecule is CCCCCCCCCCC[C@@H](C)CC#N.CCCCCCCCCCC[C@@H](O)CC#N. The van der Waals surface area contributed by atoms with E-state index in [1.807, 2.05) is 6.07 Å².